The number of ether oxygens (including phenoxy) is 1. The highest BCUT2D eigenvalue weighted by atomic mass is 16.5. The number of nitrogens with one attached hydrogen (secondary N) is 2. The summed E-state index contributed by atoms with van der Waals surface area (Å²) in [6.45, 7) is 8.18. The maximum atomic E-state index is 13.8. The van der Waals surface area contributed by atoms with E-state index >= 15 is 0 Å². The van der Waals surface area contributed by atoms with Crippen molar-refractivity contribution in [3.63, 3.8) is 0 Å². The Bertz CT molecular complexity index is 1170. The number of likely N-dealkylation sites (tertiary alicyclic amines) is 1. The number of imide groups is 1. The van der Waals surface area contributed by atoms with Crippen molar-refractivity contribution in [2.24, 2.45) is 17.8 Å². The Kier molecular flexibility index (Phi) is 4.86. The van der Waals surface area contributed by atoms with Gasteiger partial charge in [0.1, 0.15) is 11.3 Å². The highest BCUT2D eigenvalue weighted by Crippen LogP contribution is 2.54. The van der Waals surface area contributed by atoms with E-state index < -0.39 is 17.4 Å². The summed E-state index contributed by atoms with van der Waals surface area (Å²) in [7, 11) is 1.59. The Morgan fingerprint density at radius 1 is 1.03 bits per heavy atom. The summed E-state index contributed by atoms with van der Waals surface area (Å²) >= 11 is 0. The van der Waals surface area contributed by atoms with Gasteiger partial charge in [0.25, 0.3) is 0 Å². The molecular weight excluding hydrogens is 418 g/mol. The summed E-state index contributed by atoms with van der Waals surface area (Å²) in [6, 6.07) is 10.9. The molecule has 2 aromatic carbocycles. The van der Waals surface area contributed by atoms with Gasteiger partial charge in [-0.05, 0) is 48.6 Å². The summed E-state index contributed by atoms with van der Waals surface area (Å²) in [4.78, 5) is 42.3. The molecule has 2 N–H and O–H groups in total. The molecule has 0 saturated carbocycles. The molecule has 2 fully saturated rings. The standard InChI is InChI=1S/C26H29N3O4/c1-13(2)21-19-20(24(31)29(23(19)30)12-16-7-9-17(33-5)10-8-16)26(28-21)18-11-6-14(3)15(4)22(18)27-25(26)32/h6-11,13,19-21,28H,12H2,1-5H3,(H,27,32)/t19-,20+,21-,26+/m0/s1. The Morgan fingerprint density at radius 2 is 1.73 bits per heavy atom. The van der Waals surface area contributed by atoms with Crippen LogP contribution in [0.5, 0.6) is 5.75 Å². The van der Waals surface area contributed by atoms with Gasteiger partial charge in [-0.15, -0.1) is 0 Å². The number of aryl methyl sites for hydroxylation is 1. The second-order valence-corrected chi connectivity index (χ2v) is 9.72. The van der Waals surface area contributed by atoms with Crippen molar-refractivity contribution in [3.8, 4) is 5.75 Å². The van der Waals surface area contributed by atoms with Gasteiger partial charge >= 0.3 is 0 Å². The molecule has 3 aliphatic rings. The minimum absolute atomic E-state index is 0.0676. The maximum Gasteiger partial charge on any atom is 0.250 e. The van der Waals surface area contributed by atoms with Crippen LogP contribution in [-0.4, -0.2) is 35.8 Å². The van der Waals surface area contributed by atoms with Gasteiger partial charge in [-0.3, -0.25) is 24.6 Å². The van der Waals surface area contributed by atoms with Crippen LogP contribution in [0, 0.1) is 31.6 Å². The lowest BCUT2D eigenvalue weighted by Crippen LogP contribution is -2.53. The number of hydrogen-bond acceptors (Lipinski definition) is 5. The predicted molar refractivity (Wildman–Crippen MR) is 124 cm³/mol. The number of carbonyl (C=O) groups excluding carboxylic acids is 3. The van der Waals surface area contributed by atoms with Gasteiger partial charge in [0, 0.05) is 17.3 Å². The lowest BCUT2D eigenvalue weighted by molar-refractivity contribution is -0.143. The quantitative estimate of drug-likeness (QED) is 0.704. The molecule has 172 valence electrons. The first-order valence-corrected chi connectivity index (χ1v) is 11.4. The molecule has 2 aromatic rings. The van der Waals surface area contributed by atoms with Crippen LogP contribution in [0.4, 0.5) is 5.69 Å². The molecule has 33 heavy (non-hydrogen) atoms. The highest BCUT2D eigenvalue weighted by Gasteiger charge is 2.70. The van der Waals surface area contributed by atoms with Crippen molar-refractivity contribution in [2.75, 3.05) is 12.4 Å². The molecule has 5 rings (SSSR count). The normalized spacial score (nSPS) is 28.0. The molecule has 0 aliphatic carbocycles. The first-order chi connectivity index (χ1) is 15.7. The van der Waals surface area contributed by atoms with Crippen molar-refractivity contribution in [2.45, 2.75) is 45.8 Å². The van der Waals surface area contributed by atoms with Crippen molar-refractivity contribution in [1.29, 1.82) is 0 Å². The number of rotatable bonds is 4. The van der Waals surface area contributed by atoms with Crippen LogP contribution >= 0.6 is 0 Å². The predicted octanol–water partition coefficient (Wildman–Crippen LogP) is 2.89. The van der Waals surface area contributed by atoms with Crippen LogP contribution in [0.2, 0.25) is 0 Å². The Hall–Kier alpha value is -3.19. The van der Waals surface area contributed by atoms with E-state index in [4.69, 9.17) is 4.74 Å². The van der Waals surface area contributed by atoms with Crippen molar-refractivity contribution < 1.29 is 19.1 Å². The first kappa shape index (κ1) is 21.6. The fourth-order valence-electron chi connectivity index (χ4n) is 5.75. The first-order valence-electron chi connectivity index (χ1n) is 11.4. The van der Waals surface area contributed by atoms with Gasteiger partial charge in [-0.1, -0.05) is 38.1 Å². The number of amides is 3. The zero-order valence-corrected chi connectivity index (χ0v) is 19.6. The molecule has 0 bridgehead atoms. The molecule has 2 saturated heterocycles. The van der Waals surface area contributed by atoms with Gasteiger partial charge in [-0.2, -0.15) is 0 Å². The van der Waals surface area contributed by atoms with Crippen LogP contribution in [0.25, 0.3) is 0 Å². The third-order valence-corrected chi connectivity index (χ3v) is 7.67. The van der Waals surface area contributed by atoms with Crippen molar-refractivity contribution in [3.05, 3.63) is 58.7 Å². The third kappa shape index (κ3) is 2.88. The topological polar surface area (TPSA) is 87.7 Å². The SMILES string of the molecule is COc1ccc(CN2C(=O)[C@@H]3[C@H](C(C)C)N[C@@]4(C(=O)Nc5c4ccc(C)c5C)[C@H]3C2=O)cc1. The van der Waals surface area contributed by atoms with Gasteiger partial charge in [0.2, 0.25) is 17.7 Å². The van der Waals surface area contributed by atoms with Crippen LogP contribution in [0.15, 0.2) is 36.4 Å². The zero-order chi connectivity index (χ0) is 23.7. The van der Waals surface area contributed by atoms with Crippen molar-refractivity contribution in [1.82, 2.24) is 10.2 Å². The smallest absolute Gasteiger partial charge is 0.250 e. The summed E-state index contributed by atoms with van der Waals surface area (Å²) in [5.74, 6) is -1.35. The van der Waals surface area contributed by atoms with Gasteiger partial charge in [0.15, 0.2) is 0 Å². The number of anilines is 1. The fourth-order valence-corrected chi connectivity index (χ4v) is 5.75. The minimum atomic E-state index is -1.24. The van der Waals surface area contributed by atoms with E-state index in [1.165, 1.54) is 4.90 Å². The summed E-state index contributed by atoms with van der Waals surface area (Å²) in [5.41, 5.74) is 3.16. The van der Waals surface area contributed by atoms with Crippen LogP contribution in [-0.2, 0) is 26.5 Å². The fraction of sp³-hybridized carbons (Fsp3) is 0.423. The van der Waals surface area contributed by atoms with Gasteiger partial charge < -0.3 is 10.1 Å². The molecule has 0 unspecified atom stereocenters. The number of benzene rings is 2. The summed E-state index contributed by atoms with van der Waals surface area (Å²) in [5, 5.41) is 6.51. The van der Waals surface area contributed by atoms with Crippen LogP contribution in [0.3, 0.4) is 0 Å². The summed E-state index contributed by atoms with van der Waals surface area (Å²) < 4.78 is 5.21. The molecular formula is C26H29N3O4. The number of nitrogens with zero attached hydrogens (tertiary/aromatic N) is 1. The zero-order valence-electron chi connectivity index (χ0n) is 19.6. The Labute approximate surface area is 193 Å². The number of methoxy groups -OCH3 is 1. The molecule has 1 spiro atoms. The molecule has 4 atom stereocenters. The van der Waals surface area contributed by atoms with Crippen LogP contribution < -0.4 is 15.4 Å². The van der Waals surface area contributed by atoms with E-state index in [1.54, 1.807) is 7.11 Å². The van der Waals surface area contributed by atoms with E-state index in [2.05, 4.69) is 10.6 Å². The van der Waals surface area contributed by atoms with Gasteiger partial charge in [0.05, 0.1) is 25.5 Å². The van der Waals surface area contributed by atoms with E-state index in [0.717, 1.165) is 27.9 Å². The average Bonchev–Trinajstić information content (AvgIpc) is 3.38. The molecule has 7 heteroatoms. The highest BCUT2D eigenvalue weighted by molar-refractivity contribution is 6.15. The largest absolute Gasteiger partial charge is 0.497 e. The lowest BCUT2D eigenvalue weighted by Gasteiger charge is -2.30. The van der Waals surface area contributed by atoms with Gasteiger partial charge in [-0.25, -0.2) is 0 Å². The minimum Gasteiger partial charge on any atom is -0.497 e. The monoisotopic (exact) mass is 447 g/mol. The van der Waals surface area contributed by atoms with E-state index in [-0.39, 0.29) is 36.2 Å². The third-order valence-electron chi connectivity index (χ3n) is 7.67. The maximum absolute atomic E-state index is 13.8. The number of hydrogen-bond donors (Lipinski definition) is 2. The molecule has 3 amide bonds. The Balaban J connectivity index is 1.59. The van der Waals surface area contributed by atoms with E-state index in [1.807, 2.05) is 64.1 Å². The van der Waals surface area contributed by atoms with E-state index in [9.17, 15) is 14.4 Å². The average molecular weight is 448 g/mol. The Morgan fingerprint density at radius 3 is 2.36 bits per heavy atom. The van der Waals surface area contributed by atoms with Crippen LogP contribution in [0.1, 0.15) is 36.1 Å². The molecule has 3 heterocycles. The number of carbonyl (C=O) groups is 3. The number of fused-ring (bicyclic) bond motifs is 4. The molecule has 3 aliphatic heterocycles. The lowest BCUT2D eigenvalue weighted by atomic mass is 9.75. The molecule has 7 nitrogen and oxygen atoms in total. The summed E-state index contributed by atoms with van der Waals surface area (Å²) in [6.07, 6.45) is 0. The second-order valence-electron chi connectivity index (χ2n) is 9.72. The molecule has 0 radical (unpaired) electrons. The van der Waals surface area contributed by atoms with Crippen molar-refractivity contribution >= 4 is 23.4 Å². The van der Waals surface area contributed by atoms with E-state index in [0.29, 0.717) is 5.75 Å². The molecule has 0 aromatic heterocycles. The second kappa shape index (κ2) is 7.42.